The highest BCUT2D eigenvalue weighted by Gasteiger charge is 2.31. The summed E-state index contributed by atoms with van der Waals surface area (Å²) in [6, 6.07) is 11.2. The smallest absolute Gasteiger partial charge is 0.276 e. The Morgan fingerprint density at radius 1 is 1.13 bits per heavy atom. The maximum Gasteiger partial charge on any atom is 0.276 e. The third-order valence-corrected chi connectivity index (χ3v) is 5.21. The van der Waals surface area contributed by atoms with E-state index in [4.69, 9.17) is 16.3 Å². The molecule has 30 heavy (non-hydrogen) atoms. The molecule has 0 bridgehead atoms. The lowest BCUT2D eigenvalue weighted by atomic mass is 10.2. The first-order valence-corrected chi connectivity index (χ1v) is 9.63. The van der Waals surface area contributed by atoms with Gasteiger partial charge in [0.25, 0.3) is 5.91 Å². The van der Waals surface area contributed by atoms with E-state index >= 15 is 0 Å². The molecule has 0 spiro atoms. The van der Waals surface area contributed by atoms with Crippen LogP contribution in [0.5, 0.6) is 5.75 Å². The van der Waals surface area contributed by atoms with Gasteiger partial charge in [-0.3, -0.25) is 14.4 Å². The number of methoxy groups -OCH3 is 1. The lowest BCUT2D eigenvalue weighted by Crippen LogP contribution is -2.41. The van der Waals surface area contributed by atoms with Crippen LogP contribution in [0.4, 0.5) is 20.2 Å². The Balaban J connectivity index is 1.56. The number of rotatable bonds is 5. The number of hydrogen-bond acceptors (Lipinski definition) is 4. The first-order chi connectivity index (χ1) is 14.4. The summed E-state index contributed by atoms with van der Waals surface area (Å²) in [6.07, 6.45) is 0. The zero-order valence-corrected chi connectivity index (χ0v) is 17.2. The molecule has 1 aromatic heterocycles. The van der Waals surface area contributed by atoms with Crippen molar-refractivity contribution in [1.29, 1.82) is 0 Å². The molecule has 6 nitrogen and oxygen atoms in total. The number of hydrogen-bond donors (Lipinski definition) is 0. The summed E-state index contributed by atoms with van der Waals surface area (Å²) in [4.78, 5) is 16.0. The van der Waals surface area contributed by atoms with Crippen LogP contribution in [0.3, 0.4) is 0 Å². The van der Waals surface area contributed by atoms with Gasteiger partial charge >= 0.3 is 0 Å². The van der Waals surface area contributed by atoms with Crippen molar-refractivity contribution in [2.45, 2.75) is 13.1 Å². The van der Waals surface area contributed by atoms with Crippen LogP contribution in [0.25, 0.3) is 0 Å². The van der Waals surface area contributed by atoms with Crippen molar-refractivity contribution < 1.29 is 18.3 Å². The van der Waals surface area contributed by atoms with Crippen LogP contribution in [0, 0.1) is 11.6 Å². The molecule has 0 N–H and O–H groups in total. The summed E-state index contributed by atoms with van der Waals surface area (Å²) in [6.45, 7) is 0.898. The normalized spacial score (nSPS) is 13.4. The minimum absolute atomic E-state index is 0.0629. The maximum absolute atomic E-state index is 14.3. The SMILES string of the molecule is COc1ccc(N(C)Cc2cc3n(n2)CCN(c2c(F)cc(Cl)cc2F)C3=O)cc1. The molecule has 0 saturated heterocycles. The molecule has 2 aromatic carbocycles. The van der Waals surface area contributed by atoms with E-state index in [1.165, 1.54) is 0 Å². The first kappa shape index (κ1) is 20.2. The first-order valence-electron chi connectivity index (χ1n) is 9.25. The van der Waals surface area contributed by atoms with Gasteiger partial charge in [-0.25, -0.2) is 8.78 Å². The lowest BCUT2D eigenvalue weighted by molar-refractivity contribution is 0.0960. The highest BCUT2D eigenvalue weighted by atomic mass is 35.5. The van der Waals surface area contributed by atoms with Gasteiger partial charge in [0.15, 0.2) is 11.6 Å². The number of amides is 1. The van der Waals surface area contributed by atoms with Crippen LogP contribution in [-0.4, -0.2) is 36.4 Å². The lowest BCUT2D eigenvalue weighted by Gasteiger charge is -2.28. The van der Waals surface area contributed by atoms with E-state index in [2.05, 4.69) is 5.10 Å². The van der Waals surface area contributed by atoms with Gasteiger partial charge in [-0.1, -0.05) is 11.6 Å². The predicted octanol–water partition coefficient (Wildman–Crippen LogP) is 4.12. The van der Waals surface area contributed by atoms with E-state index in [1.54, 1.807) is 17.9 Å². The number of carbonyl (C=O) groups is 1. The highest BCUT2D eigenvalue weighted by Crippen LogP contribution is 2.30. The number of benzene rings is 2. The standard InChI is InChI=1S/C21H19ClF2N4O2/c1-26(15-3-5-16(30-2)6-4-15)12-14-11-19-21(29)27(7-8-28(19)25-14)20-17(23)9-13(22)10-18(20)24/h3-6,9-11H,7-8,12H2,1-2H3. The largest absolute Gasteiger partial charge is 0.497 e. The van der Waals surface area contributed by atoms with Crippen LogP contribution in [-0.2, 0) is 13.1 Å². The fourth-order valence-corrected chi connectivity index (χ4v) is 3.69. The number of ether oxygens (including phenoxy) is 1. The minimum Gasteiger partial charge on any atom is -0.497 e. The topological polar surface area (TPSA) is 50.6 Å². The summed E-state index contributed by atoms with van der Waals surface area (Å²) >= 11 is 5.69. The van der Waals surface area contributed by atoms with Gasteiger partial charge in [-0.2, -0.15) is 5.10 Å². The third-order valence-electron chi connectivity index (χ3n) is 4.99. The van der Waals surface area contributed by atoms with Crippen molar-refractivity contribution in [3.05, 3.63) is 70.5 Å². The zero-order valence-electron chi connectivity index (χ0n) is 16.4. The highest BCUT2D eigenvalue weighted by molar-refractivity contribution is 6.30. The second kappa shape index (κ2) is 7.95. The van der Waals surface area contributed by atoms with Crippen molar-refractivity contribution in [3.8, 4) is 5.75 Å². The van der Waals surface area contributed by atoms with E-state index in [1.807, 2.05) is 36.2 Å². The van der Waals surface area contributed by atoms with Crippen LogP contribution >= 0.6 is 11.6 Å². The van der Waals surface area contributed by atoms with Crippen molar-refractivity contribution in [3.63, 3.8) is 0 Å². The van der Waals surface area contributed by atoms with Gasteiger partial charge in [-0.05, 0) is 42.5 Å². The van der Waals surface area contributed by atoms with Gasteiger partial charge in [-0.15, -0.1) is 0 Å². The average molecular weight is 433 g/mol. The van der Waals surface area contributed by atoms with E-state index in [0.717, 1.165) is 28.5 Å². The number of aromatic nitrogens is 2. The molecule has 156 valence electrons. The molecule has 0 fully saturated rings. The summed E-state index contributed by atoms with van der Waals surface area (Å²) < 4.78 is 35.4. The molecule has 3 aromatic rings. The van der Waals surface area contributed by atoms with Gasteiger partial charge in [0.05, 0.1) is 25.9 Å². The van der Waals surface area contributed by atoms with E-state index in [9.17, 15) is 13.6 Å². The molecule has 0 atom stereocenters. The van der Waals surface area contributed by atoms with E-state index < -0.39 is 23.2 Å². The average Bonchev–Trinajstić information content (AvgIpc) is 3.12. The second-order valence-electron chi connectivity index (χ2n) is 6.97. The number of anilines is 2. The molecule has 0 unspecified atom stereocenters. The van der Waals surface area contributed by atoms with Crippen molar-refractivity contribution in [1.82, 2.24) is 9.78 Å². The molecule has 9 heteroatoms. The Morgan fingerprint density at radius 3 is 2.43 bits per heavy atom. The van der Waals surface area contributed by atoms with Crippen molar-refractivity contribution >= 4 is 28.9 Å². The minimum atomic E-state index is -0.874. The molecule has 1 aliphatic rings. The molecule has 1 aliphatic heterocycles. The monoisotopic (exact) mass is 432 g/mol. The van der Waals surface area contributed by atoms with Crippen LogP contribution < -0.4 is 14.5 Å². The Labute approximate surface area is 177 Å². The number of fused-ring (bicyclic) bond motifs is 1. The van der Waals surface area contributed by atoms with Crippen molar-refractivity contribution in [2.75, 3.05) is 30.5 Å². The predicted molar refractivity (Wildman–Crippen MR) is 110 cm³/mol. The van der Waals surface area contributed by atoms with Crippen LogP contribution in [0.1, 0.15) is 16.2 Å². The molecule has 4 rings (SSSR count). The Bertz CT molecular complexity index is 1080. The molecular formula is C21H19ClF2N4O2. The quantitative estimate of drug-likeness (QED) is 0.608. The molecular weight excluding hydrogens is 414 g/mol. The number of nitrogens with zero attached hydrogens (tertiary/aromatic N) is 4. The second-order valence-corrected chi connectivity index (χ2v) is 7.41. The molecule has 1 amide bonds. The molecule has 0 aliphatic carbocycles. The van der Waals surface area contributed by atoms with Crippen molar-refractivity contribution in [2.24, 2.45) is 0 Å². The van der Waals surface area contributed by atoms with E-state index in [0.29, 0.717) is 18.8 Å². The van der Waals surface area contributed by atoms with Gasteiger partial charge in [0, 0.05) is 24.3 Å². The van der Waals surface area contributed by atoms with Gasteiger partial charge in [0.2, 0.25) is 0 Å². The van der Waals surface area contributed by atoms with Crippen LogP contribution in [0.2, 0.25) is 5.02 Å². The van der Waals surface area contributed by atoms with E-state index in [-0.39, 0.29) is 17.3 Å². The summed E-state index contributed by atoms with van der Waals surface area (Å²) in [5.41, 5.74) is 1.53. The fraction of sp³-hybridized carbons (Fsp3) is 0.238. The third kappa shape index (κ3) is 3.70. The molecule has 0 saturated carbocycles. The molecule has 0 radical (unpaired) electrons. The number of halogens is 3. The van der Waals surface area contributed by atoms with Gasteiger partial charge in [0.1, 0.15) is 17.1 Å². The maximum atomic E-state index is 14.3. The summed E-state index contributed by atoms with van der Waals surface area (Å²) in [5, 5.41) is 4.42. The zero-order chi connectivity index (χ0) is 21.4. The molecule has 2 heterocycles. The Kier molecular flexibility index (Phi) is 5.34. The summed E-state index contributed by atoms with van der Waals surface area (Å²) in [7, 11) is 3.52. The Hall–Kier alpha value is -3.13. The van der Waals surface area contributed by atoms with Gasteiger partial charge < -0.3 is 9.64 Å². The fourth-order valence-electron chi connectivity index (χ4n) is 3.50. The Morgan fingerprint density at radius 2 is 1.80 bits per heavy atom. The van der Waals surface area contributed by atoms with Crippen LogP contribution in [0.15, 0.2) is 42.5 Å². The summed E-state index contributed by atoms with van der Waals surface area (Å²) in [5.74, 6) is -1.49. The number of carbonyl (C=O) groups excluding carboxylic acids is 1.